The zero-order valence-corrected chi connectivity index (χ0v) is 15.7. The molecule has 2 heterocycles. The summed E-state index contributed by atoms with van der Waals surface area (Å²) >= 11 is 1.04. The highest BCUT2D eigenvalue weighted by Gasteiger charge is 2.23. The molecule has 7 nitrogen and oxygen atoms in total. The molecule has 0 radical (unpaired) electrons. The first-order valence-corrected chi connectivity index (χ1v) is 8.79. The van der Waals surface area contributed by atoms with E-state index in [9.17, 15) is 14.9 Å². The highest BCUT2D eigenvalue weighted by Crippen LogP contribution is 2.33. The number of anilines is 1. The minimum absolute atomic E-state index is 0.0455. The van der Waals surface area contributed by atoms with Crippen LogP contribution >= 0.6 is 11.3 Å². The standard InChI is InChI=1S/C19H16N4O3S/c1-10-13(9-20)18(27-15(10)19(25)23(2)3)22-17(24)12-8-11-6-4-5-7-14(11)26-16(12)21/h4-8,21H,1-3H3,(H,22,24). The lowest BCUT2D eigenvalue weighted by atomic mass is 10.1. The molecule has 136 valence electrons. The lowest BCUT2D eigenvalue weighted by Gasteiger charge is -2.08. The molecule has 0 aliphatic rings. The quantitative estimate of drug-likeness (QED) is 0.727. The highest BCUT2D eigenvalue weighted by atomic mass is 32.1. The zero-order valence-electron chi connectivity index (χ0n) is 14.9. The van der Waals surface area contributed by atoms with Gasteiger partial charge >= 0.3 is 0 Å². The topological polar surface area (TPSA) is 110 Å². The lowest BCUT2D eigenvalue weighted by Crippen LogP contribution is -2.21. The van der Waals surface area contributed by atoms with E-state index in [0.717, 1.165) is 11.3 Å². The number of benzene rings is 1. The van der Waals surface area contributed by atoms with E-state index in [0.29, 0.717) is 21.4 Å². The van der Waals surface area contributed by atoms with Crippen molar-refractivity contribution in [2.75, 3.05) is 19.4 Å². The molecule has 1 aromatic carbocycles. The molecule has 3 rings (SSSR count). The van der Waals surface area contributed by atoms with Crippen LogP contribution in [0.5, 0.6) is 0 Å². The summed E-state index contributed by atoms with van der Waals surface area (Å²) in [5.74, 6) is -0.813. The first kappa shape index (κ1) is 18.4. The van der Waals surface area contributed by atoms with Gasteiger partial charge < -0.3 is 14.6 Å². The summed E-state index contributed by atoms with van der Waals surface area (Å²) in [5.41, 5.74) is 1.03. The van der Waals surface area contributed by atoms with Crippen molar-refractivity contribution in [3.8, 4) is 6.07 Å². The Kier molecular flexibility index (Phi) is 4.79. The number of amides is 2. The van der Waals surface area contributed by atoms with Gasteiger partial charge in [-0.05, 0) is 24.6 Å². The van der Waals surface area contributed by atoms with Gasteiger partial charge in [0.1, 0.15) is 22.2 Å². The van der Waals surface area contributed by atoms with Crippen LogP contribution in [-0.2, 0) is 0 Å². The summed E-state index contributed by atoms with van der Waals surface area (Å²) in [4.78, 5) is 26.8. The van der Waals surface area contributed by atoms with Crippen LogP contribution in [-0.4, -0.2) is 30.8 Å². The first-order chi connectivity index (χ1) is 12.8. The van der Waals surface area contributed by atoms with E-state index in [1.54, 1.807) is 51.4 Å². The summed E-state index contributed by atoms with van der Waals surface area (Å²) in [6.45, 7) is 1.67. The van der Waals surface area contributed by atoms with E-state index < -0.39 is 5.91 Å². The molecule has 0 atom stereocenters. The van der Waals surface area contributed by atoms with Gasteiger partial charge in [0.15, 0.2) is 0 Å². The SMILES string of the molecule is Cc1c(C(=O)N(C)C)sc(NC(=O)c2cc3ccccc3oc2=N)c1C#N. The average Bonchev–Trinajstić information content (AvgIpc) is 2.95. The predicted octanol–water partition coefficient (Wildman–Crippen LogP) is 3.11. The molecule has 2 N–H and O–H groups in total. The number of hydrogen-bond acceptors (Lipinski definition) is 6. The molecule has 0 spiro atoms. The van der Waals surface area contributed by atoms with Crippen molar-refractivity contribution in [2.45, 2.75) is 6.92 Å². The zero-order chi connectivity index (χ0) is 19.7. The smallest absolute Gasteiger partial charge is 0.263 e. The fourth-order valence-electron chi connectivity index (χ4n) is 2.56. The second-order valence-corrected chi connectivity index (χ2v) is 7.07. The molecule has 0 saturated heterocycles. The average molecular weight is 380 g/mol. The van der Waals surface area contributed by atoms with Crippen molar-refractivity contribution in [3.05, 3.63) is 57.5 Å². The second kappa shape index (κ2) is 7.05. The van der Waals surface area contributed by atoms with Gasteiger partial charge in [0.25, 0.3) is 11.8 Å². The van der Waals surface area contributed by atoms with Gasteiger partial charge in [-0.3, -0.25) is 15.0 Å². The molecule has 0 bridgehead atoms. The Labute approximate surface area is 159 Å². The number of fused-ring (bicyclic) bond motifs is 1. The van der Waals surface area contributed by atoms with Gasteiger partial charge in [-0.1, -0.05) is 18.2 Å². The molecule has 0 aliphatic carbocycles. The number of nitrogens with one attached hydrogen (secondary N) is 2. The number of carbonyl (C=O) groups excluding carboxylic acids is 2. The Morgan fingerprint density at radius 2 is 2.00 bits per heavy atom. The minimum Gasteiger partial charge on any atom is -0.438 e. The molecule has 27 heavy (non-hydrogen) atoms. The van der Waals surface area contributed by atoms with Crippen LogP contribution in [0.3, 0.4) is 0 Å². The van der Waals surface area contributed by atoms with Crippen LogP contribution in [0.2, 0.25) is 0 Å². The van der Waals surface area contributed by atoms with Crippen LogP contribution in [0.15, 0.2) is 34.7 Å². The van der Waals surface area contributed by atoms with Gasteiger partial charge in [0.05, 0.1) is 10.4 Å². The number of hydrogen-bond donors (Lipinski definition) is 2. The Morgan fingerprint density at radius 3 is 2.67 bits per heavy atom. The van der Waals surface area contributed by atoms with E-state index in [-0.39, 0.29) is 27.6 Å². The van der Waals surface area contributed by atoms with Gasteiger partial charge in [-0.15, -0.1) is 11.3 Å². The maximum Gasteiger partial charge on any atom is 0.263 e. The summed E-state index contributed by atoms with van der Waals surface area (Å²) in [6, 6.07) is 10.7. The first-order valence-electron chi connectivity index (χ1n) is 7.97. The van der Waals surface area contributed by atoms with Crippen LogP contribution in [0.4, 0.5) is 5.00 Å². The number of nitriles is 1. The molecule has 0 saturated carbocycles. The molecule has 2 aromatic heterocycles. The summed E-state index contributed by atoms with van der Waals surface area (Å²) in [5, 5.41) is 21.0. The second-order valence-electron chi connectivity index (χ2n) is 6.05. The maximum atomic E-state index is 12.7. The largest absolute Gasteiger partial charge is 0.438 e. The Balaban J connectivity index is 2.01. The molecule has 8 heteroatoms. The number of carbonyl (C=O) groups is 2. The normalized spacial score (nSPS) is 10.4. The predicted molar refractivity (Wildman–Crippen MR) is 102 cm³/mol. The third-order valence-electron chi connectivity index (χ3n) is 4.01. The van der Waals surface area contributed by atoms with E-state index in [1.807, 2.05) is 6.07 Å². The molecule has 0 fully saturated rings. The number of thiophene rings is 1. The molecular weight excluding hydrogens is 364 g/mol. The van der Waals surface area contributed by atoms with Gasteiger partial charge in [0, 0.05) is 19.5 Å². The van der Waals surface area contributed by atoms with Crippen LogP contribution in [0.1, 0.15) is 31.2 Å². The van der Waals surface area contributed by atoms with Crippen molar-refractivity contribution in [3.63, 3.8) is 0 Å². The highest BCUT2D eigenvalue weighted by molar-refractivity contribution is 7.18. The Bertz CT molecular complexity index is 1170. The van der Waals surface area contributed by atoms with E-state index in [4.69, 9.17) is 9.83 Å². The number of rotatable bonds is 3. The summed E-state index contributed by atoms with van der Waals surface area (Å²) in [6.07, 6.45) is 0. The van der Waals surface area contributed by atoms with Crippen LogP contribution < -0.4 is 10.9 Å². The molecular formula is C19H16N4O3S. The number of para-hydroxylation sites is 1. The minimum atomic E-state index is -0.573. The summed E-state index contributed by atoms with van der Waals surface area (Å²) < 4.78 is 5.39. The van der Waals surface area contributed by atoms with Crippen molar-refractivity contribution in [1.82, 2.24) is 4.90 Å². The van der Waals surface area contributed by atoms with E-state index in [1.165, 1.54) is 4.90 Å². The Hall–Kier alpha value is -3.44. The third kappa shape index (κ3) is 3.32. The van der Waals surface area contributed by atoms with E-state index in [2.05, 4.69) is 5.32 Å². The van der Waals surface area contributed by atoms with Gasteiger partial charge in [-0.25, -0.2) is 0 Å². The molecule has 0 unspecified atom stereocenters. The lowest BCUT2D eigenvalue weighted by molar-refractivity contribution is 0.0831. The summed E-state index contributed by atoms with van der Waals surface area (Å²) in [7, 11) is 3.24. The van der Waals surface area contributed by atoms with Crippen LogP contribution in [0, 0.1) is 23.7 Å². The van der Waals surface area contributed by atoms with Crippen molar-refractivity contribution >= 4 is 39.1 Å². The number of nitrogens with zero attached hydrogens (tertiary/aromatic N) is 2. The van der Waals surface area contributed by atoms with Gasteiger partial charge in [0.2, 0.25) is 5.55 Å². The fourth-order valence-corrected chi connectivity index (χ4v) is 3.73. The van der Waals surface area contributed by atoms with E-state index >= 15 is 0 Å². The molecule has 3 aromatic rings. The van der Waals surface area contributed by atoms with Crippen molar-refractivity contribution < 1.29 is 14.0 Å². The maximum absolute atomic E-state index is 12.7. The van der Waals surface area contributed by atoms with Crippen molar-refractivity contribution in [1.29, 1.82) is 10.7 Å². The molecule has 2 amide bonds. The van der Waals surface area contributed by atoms with Crippen molar-refractivity contribution in [2.24, 2.45) is 0 Å². The Morgan fingerprint density at radius 1 is 1.30 bits per heavy atom. The third-order valence-corrected chi connectivity index (χ3v) is 5.20. The fraction of sp³-hybridized carbons (Fsp3) is 0.158. The van der Waals surface area contributed by atoms with Crippen LogP contribution in [0.25, 0.3) is 11.0 Å². The monoisotopic (exact) mass is 380 g/mol. The van der Waals surface area contributed by atoms with Gasteiger partial charge in [-0.2, -0.15) is 5.26 Å². The molecule has 0 aliphatic heterocycles.